The third-order valence-corrected chi connectivity index (χ3v) is 6.84. The number of para-hydroxylation sites is 1. The Labute approximate surface area is 216 Å². The molecule has 36 heavy (non-hydrogen) atoms. The number of nitrogens with zero attached hydrogens (tertiary/aromatic N) is 1. The van der Waals surface area contributed by atoms with Crippen molar-refractivity contribution in [1.82, 2.24) is 5.32 Å². The summed E-state index contributed by atoms with van der Waals surface area (Å²) in [5.74, 6) is -0.374. The maximum Gasteiger partial charge on any atom is 0.227 e. The third-order valence-electron chi connectivity index (χ3n) is 6.84. The van der Waals surface area contributed by atoms with Gasteiger partial charge in [-0.1, -0.05) is 52.3 Å². The smallest absolute Gasteiger partial charge is 0.227 e. The quantitative estimate of drug-likeness (QED) is 0.316. The van der Waals surface area contributed by atoms with Crippen LogP contribution in [0.3, 0.4) is 0 Å². The summed E-state index contributed by atoms with van der Waals surface area (Å²) in [4.78, 5) is 27.6. The second kappa shape index (κ2) is 14.7. The Balaban J connectivity index is 1.96. The minimum absolute atomic E-state index is 0.0119. The predicted octanol–water partition coefficient (Wildman–Crippen LogP) is 3.04. The number of methoxy groups -OCH3 is 1. The molecule has 204 valence electrons. The molecule has 2 rings (SSSR count). The molecule has 1 unspecified atom stereocenters. The van der Waals surface area contributed by atoms with E-state index >= 15 is 0 Å². The number of hydrogen-bond donors (Lipinski definition) is 3. The fourth-order valence-corrected chi connectivity index (χ4v) is 4.76. The number of fused-ring (bicyclic) bond motifs is 1. The van der Waals surface area contributed by atoms with Crippen LogP contribution in [-0.4, -0.2) is 68.6 Å². The van der Waals surface area contributed by atoms with E-state index in [1.807, 2.05) is 49.9 Å². The lowest BCUT2D eigenvalue weighted by atomic mass is 9.79. The number of anilines is 1. The highest BCUT2D eigenvalue weighted by Crippen LogP contribution is 2.33. The van der Waals surface area contributed by atoms with Gasteiger partial charge in [-0.3, -0.25) is 9.59 Å². The Bertz CT molecular complexity index is 831. The molecule has 1 aliphatic heterocycles. The fourth-order valence-electron chi connectivity index (χ4n) is 4.76. The molecule has 8 nitrogen and oxygen atoms in total. The molecule has 0 spiro atoms. The van der Waals surface area contributed by atoms with Crippen LogP contribution in [0.2, 0.25) is 0 Å². The number of aliphatic hydroxyl groups excluding tert-OH is 1. The molecular weight excluding hydrogens is 458 g/mol. The first-order valence-electron chi connectivity index (χ1n) is 13.3. The summed E-state index contributed by atoms with van der Waals surface area (Å²) in [6.07, 6.45) is 2.85. The largest absolute Gasteiger partial charge is 0.391 e. The first-order valence-corrected chi connectivity index (χ1v) is 13.3. The number of unbranched alkanes of at least 4 members (excludes halogenated alkanes) is 1. The number of hydrogen-bond acceptors (Lipinski definition) is 6. The van der Waals surface area contributed by atoms with E-state index in [4.69, 9.17) is 15.2 Å². The van der Waals surface area contributed by atoms with Crippen LogP contribution >= 0.6 is 0 Å². The lowest BCUT2D eigenvalue weighted by molar-refractivity contribution is -0.125. The summed E-state index contributed by atoms with van der Waals surface area (Å²) >= 11 is 0. The van der Waals surface area contributed by atoms with Crippen molar-refractivity contribution in [2.45, 2.75) is 84.5 Å². The van der Waals surface area contributed by atoms with E-state index in [0.717, 1.165) is 30.5 Å². The molecular formula is C28H47N3O5. The van der Waals surface area contributed by atoms with Crippen molar-refractivity contribution in [3.05, 3.63) is 29.8 Å². The average molecular weight is 506 g/mol. The van der Waals surface area contributed by atoms with Crippen molar-refractivity contribution in [2.24, 2.45) is 17.1 Å². The molecule has 4 N–H and O–H groups in total. The normalized spacial score (nSPS) is 18.3. The number of nitrogens with one attached hydrogen (secondary N) is 1. The van der Waals surface area contributed by atoms with Gasteiger partial charge >= 0.3 is 0 Å². The van der Waals surface area contributed by atoms with Gasteiger partial charge < -0.3 is 30.5 Å². The fraction of sp³-hybridized carbons (Fsp3) is 0.714. The molecule has 8 heteroatoms. The van der Waals surface area contributed by atoms with Gasteiger partial charge in [0.2, 0.25) is 11.8 Å². The van der Waals surface area contributed by atoms with Crippen LogP contribution < -0.4 is 16.0 Å². The highest BCUT2D eigenvalue weighted by atomic mass is 16.5. The van der Waals surface area contributed by atoms with Crippen LogP contribution in [0.25, 0.3) is 0 Å². The number of aliphatic hydroxyl groups is 1. The van der Waals surface area contributed by atoms with E-state index in [1.165, 1.54) is 0 Å². The molecule has 0 aliphatic carbocycles. The van der Waals surface area contributed by atoms with Gasteiger partial charge in [-0.25, -0.2) is 0 Å². The monoisotopic (exact) mass is 505 g/mol. The Morgan fingerprint density at radius 3 is 2.69 bits per heavy atom. The van der Waals surface area contributed by atoms with Gasteiger partial charge in [0.05, 0.1) is 32.0 Å². The topological polar surface area (TPSA) is 114 Å². The van der Waals surface area contributed by atoms with E-state index in [9.17, 15) is 14.7 Å². The van der Waals surface area contributed by atoms with Gasteiger partial charge in [0.1, 0.15) is 0 Å². The molecule has 0 saturated carbocycles. The number of carbonyl (C=O) groups excluding carboxylic acids is 2. The Morgan fingerprint density at radius 1 is 1.28 bits per heavy atom. The van der Waals surface area contributed by atoms with Crippen molar-refractivity contribution in [3.8, 4) is 0 Å². The maximum atomic E-state index is 13.5. The van der Waals surface area contributed by atoms with Crippen molar-refractivity contribution in [2.75, 3.05) is 38.3 Å². The molecule has 4 atom stereocenters. The highest BCUT2D eigenvalue weighted by molar-refractivity contribution is 5.95. The number of carbonyl (C=O) groups is 2. The lowest BCUT2D eigenvalue weighted by Gasteiger charge is -2.37. The molecule has 0 fully saturated rings. The summed E-state index contributed by atoms with van der Waals surface area (Å²) in [5.41, 5.74) is 7.95. The highest BCUT2D eigenvalue weighted by Gasteiger charge is 2.34. The zero-order valence-corrected chi connectivity index (χ0v) is 22.8. The van der Waals surface area contributed by atoms with Crippen LogP contribution in [0.4, 0.5) is 5.69 Å². The number of benzene rings is 1. The predicted molar refractivity (Wildman–Crippen MR) is 143 cm³/mol. The molecule has 0 saturated heterocycles. The van der Waals surface area contributed by atoms with E-state index in [-0.39, 0.29) is 23.8 Å². The zero-order chi connectivity index (χ0) is 26.7. The molecule has 1 aromatic rings. The van der Waals surface area contributed by atoms with Crippen LogP contribution in [0, 0.1) is 11.3 Å². The van der Waals surface area contributed by atoms with Crippen LogP contribution in [0.1, 0.15) is 65.4 Å². The standard InChI is InChI=1S/C28H47N3O5/c1-6-7-12-30-27(34)20(2)15-25(32)23(29)17-28(3,4)18-26(33)31-19-22(36-14-13-35-5)16-21-10-8-9-11-24(21)31/h8-11,20,22-23,25,32H,6-7,12-19,29H2,1-5H3,(H,30,34)/t20-,22?,23+,25+/m1/s1. The summed E-state index contributed by atoms with van der Waals surface area (Å²) in [6, 6.07) is 7.42. The molecule has 0 bridgehead atoms. The first kappa shape index (κ1) is 30.2. The Morgan fingerprint density at radius 2 is 2.00 bits per heavy atom. The van der Waals surface area contributed by atoms with Gasteiger partial charge in [-0.15, -0.1) is 0 Å². The van der Waals surface area contributed by atoms with E-state index < -0.39 is 17.6 Å². The minimum atomic E-state index is -0.819. The molecule has 1 aliphatic rings. The van der Waals surface area contributed by atoms with E-state index in [2.05, 4.69) is 12.2 Å². The van der Waals surface area contributed by atoms with Crippen molar-refractivity contribution in [3.63, 3.8) is 0 Å². The Kier molecular flexibility index (Phi) is 12.3. The SMILES string of the molecule is CCCCNC(=O)[C@H](C)C[C@H](O)[C@@H](N)CC(C)(C)CC(=O)N1CC(OCCOC)Cc2ccccc21. The summed E-state index contributed by atoms with van der Waals surface area (Å²) < 4.78 is 11.1. The minimum Gasteiger partial charge on any atom is -0.391 e. The van der Waals surface area contributed by atoms with Gasteiger partial charge in [-0.2, -0.15) is 0 Å². The maximum absolute atomic E-state index is 13.5. The second-order valence-corrected chi connectivity index (χ2v) is 10.9. The van der Waals surface area contributed by atoms with Crippen molar-refractivity contribution >= 4 is 17.5 Å². The summed E-state index contributed by atoms with van der Waals surface area (Å²) in [7, 11) is 1.64. The van der Waals surface area contributed by atoms with E-state index in [0.29, 0.717) is 45.6 Å². The van der Waals surface area contributed by atoms with Crippen molar-refractivity contribution < 1.29 is 24.2 Å². The molecule has 0 aromatic heterocycles. The summed E-state index contributed by atoms with van der Waals surface area (Å²) in [6.45, 7) is 10.0. The molecule has 2 amide bonds. The number of ether oxygens (including phenoxy) is 2. The van der Waals surface area contributed by atoms with Gasteiger partial charge in [0.15, 0.2) is 0 Å². The Hall–Kier alpha value is -2.00. The molecule has 0 radical (unpaired) electrons. The van der Waals surface area contributed by atoms with Crippen LogP contribution in [0.5, 0.6) is 0 Å². The second-order valence-electron chi connectivity index (χ2n) is 10.9. The summed E-state index contributed by atoms with van der Waals surface area (Å²) in [5, 5.41) is 13.6. The van der Waals surface area contributed by atoms with Crippen LogP contribution in [0.15, 0.2) is 24.3 Å². The number of rotatable bonds is 15. The van der Waals surface area contributed by atoms with Crippen LogP contribution in [-0.2, 0) is 25.5 Å². The third kappa shape index (κ3) is 9.47. The van der Waals surface area contributed by atoms with Gasteiger partial charge in [0, 0.05) is 44.1 Å². The lowest BCUT2D eigenvalue weighted by Crippen LogP contribution is -2.46. The number of amides is 2. The number of nitrogens with two attached hydrogens (primary N) is 1. The molecule has 1 heterocycles. The average Bonchev–Trinajstić information content (AvgIpc) is 2.83. The van der Waals surface area contributed by atoms with E-state index in [1.54, 1.807) is 7.11 Å². The van der Waals surface area contributed by atoms with Gasteiger partial charge in [-0.05, 0) is 36.3 Å². The zero-order valence-electron chi connectivity index (χ0n) is 22.8. The van der Waals surface area contributed by atoms with Gasteiger partial charge in [0.25, 0.3) is 0 Å². The molecule has 1 aromatic carbocycles. The first-order chi connectivity index (χ1) is 17.1. The van der Waals surface area contributed by atoms with Crippen molar-refractivity contribution in [1.29, 1.82) is 0 Å².